The molecule has 0 spiro atoms. The third-order valence-corrected chi connectivity index (χ3v) is 9.27. The van der Waals surface area contributed by atoms with Crippen molar-refractivity contribution in [2.24, 2.45) is 0 Å². The van der Waals surface area contributed by atoms with Crippen LogP contribution in [0.25, 0.3) is 0 Å². The number of ether oxygens (including phenoxy) is 2. The molecule has 0 unspecified atom stereocenters. The number of esters is 2. The highest BCUT2D eigenvalue weighted by molar-refractivity contribution is 5.71. The Hall–Kier alpha value is -2.42. The van der Waals surface area contributed by atoms with E-state index in [4.69, 9.17) is 15.2 Å². The van der Waals surface area contributed by atoms with Gasteiger partial charge in [0.05, 0.1) is 6.61 Å². The van der Waals surface area contributed by atoms with Crippen LogP contribution in [0, 0.1) is 0 Å². The van der Waals surface area contributed by atoms with E-state index in [-0.39, 0.29) is 29.4 Å². The summed E-state index contributed by atoms with van der Waals surface area (Å²) in [6, 6.07) is 0. The molecular formula is C41H77N3O6. The van der Waals surface area contributed by atoms with Crippen molar-refractivity contribution in [2.75, 3.05) is 44.3 Å². The zero-order valence-electron chi connectivity index (χ0n) is 33.1. The van der Waals surface area contributed by atoms with Gasteiger partial charge in [0.25, 0.3) is 10.9 Å². The van der Waals surface area contributed by atoms with Crippen molar-refractivity contribution in [3.05, 3.63) is 20.4 Å². The summed E-state index contributed by atoms with van der Waals surface area (Å²) >= 11 is 0. The zero-order valence-corrected chi connectivity index (χ0v) is 33.1. The normalized spacial score (nSPS) is 11.2. The summed E-state index contributed by atoms with van der Waals surface area (Å²) in [5, 5.41) is 2.52. The molecule has 3 N–H and O–H groups in total. The molecule has 0 aliphatic rings. The second-order valence-electron chi connectivity index (χ2n) is 14.0. The number of unbranched alkanes of at least 4 members (excludes halogenated alkanes) is 15. The van der Waals surface area contributed by atoms with Gasteiger partial charge >= 0.3 is 11.9 Å². The van der Waals surface area contributed by atoms with Crippen molar-refractivity contribution < 1.29 is 19.1 Å². The number of hydrogen-bond donors (Lipinski definition) is 2. The van der Waals surface area contributed by atoms with E-state index in [1.807, 2.05) is 0 Å². The Labute approximate surface area is 305 Å². The fourth-order valence-electron chi connectivity index (χ4n) is 6.12. The summed E-state index contributed by atoms with van der Waals surface area (Å²) in [6.45, 7) is 12.7. The number of nitrogens with one attached hydrogen (secondary N) is 1. The van der Waals surface area contributed by atoms with Crippen molar-refractivity contribution in [3.8, 4) is 0 Å². The molecule has 0 saturated carbocycles. The van der Waals surface area contributed by atoms with Gasteiger partial charge in [-0.2, -0.15) is 0 Å². The summed E-state index contributed by atoms with van der Waals surface area (Å²) < 4.78 is 11.4. The van der Waals surface area contributed by atoms with Crippen LogP contribution in [0.5, 0.6) is 0 Å². The quantitative estimate of drug-likeness (QED) is 0.0417. The van der Waals surface area contributed by atoms with Crippen LogP contribution in [-0.2, 0) is 19.1 Å². The third kappa shape index (κ3) is 25.5. The van der Waals surface area contributed by atoms with Crippen LogP contribution in [0.1, 0.15) is 188 Å². The van der Waals surface area contributed by atoms with Crippen LogP contribution in [0.3, 0.4) is 0 Å². The van der Waals surface area contributed by atoms with Gasteiger partial charge in [0, 0.05) is 19.9 Å². The van der Waals surface area contributed by atoms with E-state index in [9.17, 15) is 19.2 Å². The van der Waals surface area contributed by atoms with Crippen LogP contribution in [0.15, 0.2) is 9.59 Å². The Balaban J connectivity index is 0.00000229. The molecule has 0 radical (unpaired) electrons. The monoisotopic (exact) mass is 708 g/mol. The van der Waals surface area contributed by atoms with Gasteiger partial charge in [-0.1, -0.05) is 105 Å². The molecule has 9 nitrogen and oxygen atoms in total. The molecule has 0 fully saturated rings. The number of rotatable bonds is 33. The number of anilines is 2. The molecule has 0 heterocycles. The Morgan fingerprint density at radius 1 is 0.600 bits per heavy atom. The summed E-state index contributed by atoms with van der Waals surface area (Å²) in [4.78, 5) is 47.8. The van der Waals surface area contributed by atoms with Crippen LogP contribution in [0.4, 0.5) is 11.4 Å². The predicted molar refractivity (Wildman–Crippen MR) is 211 cm³/mol. The summed E-state index contributed by atoms with van der Waals surface area (Å²) in [6.07, 6.45) is 28.2. The van der Waals surface area contributed by atoms with E-state index in [2.05, 4.69) is 37.9 Å². The van der Waals surface area contributed by atoms with E-state index in [0.29, 0.717) is 19.4 Å². The molecule has 50 heavy (non-hydrogen) atoms. The first-order valence-corrected chi connectivity index (χ1v) is 20.6. The van der Waals surface area contributed by atoms with Crippen LogP contribution < -0.4 is 21.9 Å². The van der Waals surface area contributed by atoms with E-state index in [1.54, 1.807) is 7.05 Å². The van der Waals surface area contributed by atoms with Gasteiger partial charge in [0.15, 0.2) is 0 Å². The molecule has 0 aliphatic heterocycles. The van der Waals surface area contributed by atoms with Gasteiger partial charge < -0.3 is 25.4 Å². The second kappa shape index (κ2) is 33.7. The Bertz CT molecular complexity index is 1010. The van der Waals surface area contributed by atoms with Gasteiger partial charge in [-0.3, -0.25) is 19.2 Å². The number of nitrogens with two attached hydrogens (primary N) is 1. The molecule has 292 valence electrons. The summed E-state index contributed by atoms with van der Waals surface area (Å²) in [7, 11) is 1.55. The topological polar surface area (TPSA) is 128 Å². The lowest BCUT2D eigenvalue weighted by atomic mass is 10.0. The van der Waals surface area contributed by atoms with Gasteiger partial charge in [0.1, 0.15) is 17.5 Å². The van der Waals surface area contributed by atoms with Crippen LogP contribution in [0.2, 0.25) is 0 Å². The number of carbonyl (C=O) groups excluding carboxylic acids is 2. The maximum atomic E-state index is 12.7. The average molecular weight is 708 g/mol. The van der Waals surface area contributed by atoms with Crippen molar-refractivity contribution in [3.63, 3.8) is 0 Å². The molecular weight excluding hydrogens is 630 g/mol. The minimum Gasteiger partial charge on any atom is -0.466 e. The van der Waals surface area contributed by atoms with E-state index < -0.39 is 10.9 Å². The number of nitrogens with zero attached hydrogens (tertiary/aromatic N) is 1. The minimum atomic E-state index is -0.584. The van der Waals surface area contributed by atoms with Crippen molar-refractivity contribution >= 4 is 23.3 Å². The zero-order chi connectivity index (χ0) is 37.2. The lowest BCUT2D eigenvalue weighted by molar-refractivity contribution is -0.150. The van der Waals surface area contributed by atoms with Crippen LogP contribution >= 0.6 is 0 Å². The molecule has 0 aromatic heterocycles. The highest BCUT2D eigenvalue weighted by atomic mass is 16.5. The molecule has 0 aliphatic carbocycles. The van der Waals surface area contributed by atoms with Gasteiger partial charge in [-0.15, -0.1) is 0 Å². The van der Waals surface area contributed by atoms with E-state index in [1.165, 1.54) is 77.0 Å². The molecule has 0 bridgehead atoms. The lowest BCUT2D eigenvalue weighted by Crippen LogP contribution is -2.36. The molecule has 0 amide bonds. The Kier molecular flexibility index (Phi) is 32.1. The smallest absolute Gasteiger partial charge is 0.306 e. The highest BCUT2D eigenvalue weighted by Gasteiger charge is 2.16. The van der Waals surface area contributed by atoms with E-state index in [0.717, 1.165) is 90.3 Å². The minimum absolute atomic E-state index is 0.0123. The number of nitrogen functional groups attached to an aromatic ring is 1. The maximum absolute atomic E-state index is 12.7. The first kappa shape index (κ1) is 47.6. The Morgan fingerprint density at radius 3 is 1.60 bits per heavy atom. The first-order chi connectivity index (χ1) is 24.2. The second-order valence-corrected chi connectivity index (χ2v) is 14.0. The molecule has 0 atom stereocenters. The largest absolute Gasteiger partial charge is 0.466 e. The first-order valence-electron chi connectivity index (χ1n) is 20.6. The average Bonchev–Trinajstić information content (AvgIpc) is 3.11. The molecule has 1 aromatic rings. The van der Waals surface area contributed by atoms with Crippen LogP contribution in [-0.4, -0.2) is 56.2 Å². The molecule has 1 rings (SSSR count). The number of hydrogen-bond acceptors (Lipinski definition) is 9. The Morgan fingerprint density at radius 2 is 1.08 bits per heavy atom. The van der Waals surface area contributed by atoms with Gasteiger partial charge in [-0.25, -0.2) is 0 Å². The lowest BCUT2D eigenvalue weighted by Gasteiger charge is -2.22. The maximum Gasteiger partial charge on any atom is 0.306 e. The summed E-state index contributed by atoms with van der Waals surface area (Å²) in [5.74, 6) is -0.0287. The van der Waals surface area contributed by atoms with Gasteiger partial charge in [-0.05, 0) is 90.3 Å². The van der Waals surface area contributed by atoms with Crippen molar-refractivity contribution in [1.82, 2.24) is 4.90 Å². The van der Waals surface area contributed by atoms with E-state index >= 15 is 0 Å². The standard InChI is InChI=1S/C36H71NO4.C5H6N2O2/c1-5-9-12-14-16-20-26-34(27-21-17-15-13-10-6-2)41-36(39)29-22-24-32-37(30-8-4)31-23-18-25-33-40-35(38)28-19-11-7-3;1-7-3-2(6)4(8)5(3)9/h34H,5-33H2,1-4H3;7H,6H2,1H3. The predicted octanol–water partition coefficient (Wildman–Crippen LogP) is 9.48. The molecule has 0 saturated heterocycles. The van der Waals surface area contributed by atoms with Crippen molar-refractivity contribution in [2.45, 2.75) is 194 Å². The fourth-order valence-corrected chi connectivity index (χ4v) is 6.12. The van der Waals surface area contributed by atoms with Crippen molar-refractivity contribution in [1.29, 1.82) is 0 Å². The molecule has 1 aromatic carbocycles. The summed E-state index contributed by atoms with van der Waals surface area (Å²) in [5.41, 5.74) is 4.29. The van der Waals surface area contributed by atoms with Gasteiger partial charge in [0.2, 0.25) is 0 Å². The molecule has 9 heteroatoms. The highest BCUT2D eigenvalue weighted by Crippen LogP contribution is 2.18. The number of carbonyl (C=O) groups is 2. The SMILES string of the molecule is CCCCCCCCC(CCCCCCCC)OC(=O)CCCCN(CCC)CCCCCOC(=O)CCCCC.CNc1c(N)c(=O)c1=O. The third-order valence-electron chi connectivity index (χ3n) is 9.27. The fraction of sp³-hybridized carbons (Fsp3) is 0.854.